The molecule has 1 atom stereocenters. The van der Waals surface area contributed by atoms with E-state index in [2.05, 4.69) is 10.0 Å². The van der Waals surface area contributed by atoms with Crippen LogP contribution in [-0.2, 0) is 18.0 Å². The molecule has 1 saturated carbocycles. The van der Waals surface area contributed by atoms with Gasteiger partial charge in [0.2, 0.25) is 0 Å². The minimum Gasteiger partial charge on any atom is -0.494 e. The number of hydrogen-bond acceptors (Lipinski definition) is 4. The second-order valence-electron chi connectivity index (χ2n) is 6.39. The van der Waals surface area contributed by atoms with Crippen molar-refractivity contribution in [3.8, 4) is 5.75 Å². The van der Waals surface area contributed by atoms with Crippen LogP contribution in [0, 0.1) is 12.7 Å². The van der Waals surface area contributed by atoms with Crippen molar-refractivity contribution in [1.82, 2.24) is 4.57 Å². The minimum atomic E-state index is -1.31. The van der Waals surface area contributed by atoms with E-state index in [1.807, 2.05) is 0 Å². The Balaban J connectivity index is 2.04. The monoisotopic (exact) mass is 379 g/mol. The first kappa shape index (κ1) is 18.4. The number of pyridine rings is 1. The first-order valence-corrected chi connectivity index (χ1v) is 9.60. The zero-order valence-electron chi connectivity index (χ0n) is 15.0. The van der Waals surface area contributed by atoms with E-state index in [0.717, 1.165) is 24.8 Å². The van der Waals surface area contributed by atoms with Crippen LogP contribution in [0.25, 0.3) is 0 Å². The van der Waals surface area contributed by atoms with Crippen LogP contribution in [0.2, 0.25) is 0 Å². The summed E-state index contributed by atoms with van der Waals surface area (Å²) in [6.07, 6.45) is 2.84. The molecule has 1 aromatic heterocycles. The lowest BCUT2D eigenvalue weighted by atomic mass is 10.0. The predicted molar refractivity (Wildman–Crippen MR) is 102 cm³/mol. The molecular formula is C18H22FN3O3S. The van der Waals surface area contributed by atoms with Crippen LogP contribution in [0.1, 0.15) is 24.8 Å². The fraction of sp³-hybridized carbons (Fsp3) is 0.389. The Morgan fingerprint density at radius 1 is 1.31 bits per heavy atom. The number of rotatable bonds is 6. The Morgan fingerprint density at radius 3 is 2.62 bits per heavy atom. The molecule has 0 amide bonds. The molecule has 0 aliphatic heterocycles. The van der Waals surface area contributed by atoms with Crippen molar-refractivity contribution in [2.45, 2.75) is 31.4 Å². The molecule has 0 bridgehead atoms. The molecule has 1 aromatic carbocycles. The molecule has 0 radical (unpaired) electrons. The normalized spacial score (nSPS) is 15.2. The van der Waals surface area contributed by atoms with E-state index in [-0.39, 0.29) is 22.2 Å². The van der Waals surface area contributed by atoms with Gasteiger partial charge in [0.25, 0.3) is 5.56 Å². The second kappa shape index (κ2) is 7.49. The van der Waals surface area contributed by atoms with Crippen LogP contribution < -0.4 is 20.3 Å². The Kier molecular flexibility index (Phi) is 5.31. The maximum absolute atomic E-state index is 14.3. The summed E-state index contributed by atoms with van der Waals surface area (Å²) < 4.78 is 36.4. The van der Waals surface area contributed by atoms with Gasteiger partial charge < -0.3 is 10.1 Å². The molecule has 1 fully saturated rings. The highest BCUT2D eigenvalue weighted by Gasteiger charge is 2.26. The molecule has 1 aliphatic carbocycles. The van der Waals surface area contributed by atoms with Gasteiger partial charge in [0.15, 0.2) is 5.75 Å². The molecule has 1 aliphatic rings. The number of ether oxygens (including phenoxy) is 1. The summed E-state index contributed by atoms with van der Waals surface area (Å²) in [5.74, 6) is 0.118. The standard InChI is InChI=1S/C18H22FN3O3S/c1-11-7-8-14(13(19)9-11)20-18-17(21-26(24)12-5-4-6-12)15(25-3)10-16(23)22(18)2/h7-10,12,20-21H,4-6H2,1-3H3. The van der Waals surface area contributed by atoms with E-state index in [9.17, 15) is 13.4 Å². The number of nitrogens with one attached hydrogen (secondary N) is 2. The van der Waals surface area contributed by atoms with Crippen LogP contribution >= 0.6 is 0 Å². The molecule has 1 heterocycles. The summed E-state index contributed by atoms with van der Waals surface area (Å²) in [5, 5.41) is 3.01. The van der Waals surface area contributed by atoms with E-state index in [1.165, 1.54) is 23.8 Å². The van der Waals surface area contributed by atoms with Gasteiger partial charge in [0.1, 0.15) is 28.3 Å². The van der Waals surface area contributed by atoms with E-state index in [0.29, 0.717) is 11.5 Å². The van der Waals surface area contributed by atoms with Gasteiger partial charge in [0.05, 0.1) is 18.0 Å². The summed E-state index contributed by atoms with van der Waals surface area (Å²) >= 11 is 0. The molecule has 1 unspecified atom stereocenters. The second-order valence-corrected chi connectivity index (χ2v) is 7.86. The lowest BCUT2D eigenvalue weighted by Crippen LogP contribution is -2.29. The topological polar surface area (TPSA) is 72.4 Å². The van der Waals surface area contributed by atoms with Gasteiger partial charge in [-0.15, -0.1) is 0 Å². The highest BCUT2D eigenvalue weighted by molar-refractivity contribution is 7.87. The summed E-state index contributed by atoms with van der Waals surface area (Å²) in [6.45, 7) is 1.79. The molecule has 8 heteroatoms. The molecule has 0 saturated heterocycles. The van der Waals surface area contributed by atoms with Crippen molar-refractivity contribution in [2.24, 2.45) is 7.05 Å². The van der Waals surface area contributed by atoms with Gasteiger partial charge in [-0.3, -0.25) is 14.1 Å². The third-order valence-electron chi connectivity index (χ3n) is 4.56. The zero-order valence-corrected chi connectivity index (χ0v) is 15.8. The quantitative estimate of drug-likeness (QED) is 0.808. The van der Waals surface area contributed by atoms with E-state index < -0.39 is 16.8 Å². The minimum absolute atomic E-state index is 0.0703. The molecular weight excluding hydrogens is 357 g/mol. The molecule has 2 aromatic rings. The average Bonchev–Trinajstić information content (AvgIpc) is 2.54. The van der Waals surface area contributed by atoms with Crippen LogP contribution in [-0.4, -0.2) is 21.1 Å². The summed E-state index contributed by atoms with van der Waals surface area (Å²) in [6, 6.07) is 6.09. The third kappa shape index (κ3) is 3.60. The number of nitrogens with zero attached hydrogens (tertiary/aromatic N) is 1. The number of halogens is 1. The lowest BCUT2D eigenvalue weighted by molar-refractivity contribution is 0.415. The summed E-state index contributed by atoms with van der Waals surface area (Å²) in [5.41, 5.74) is 1.06. The molecule has 140 valence electrons. The van der Waals surface area contributed by atoms with Crippen molar-refractivity contribution in [3.63, 3.8) is 0 Å². The lowest BCUT2D eigenvalue weighted by Gasteiger charge is -2.26. The maximum Gasteiger partial charge on any atom is 0.255 e. The van der Waals surface area contributed by atoms with Crippen LogP contribution in [0.5, 0.6) is 5.75 Å². The maximum atomic E-state index is 14.3. The van der Waals surface area contributed by atoms with Crippen molar-refractivity contribution in [1.29, 1.82) is 0 Å². The highest BCUT2D eigenvalue weighted by atomic mass is 32.2. The molecule has 26 heavy (non-hydrogen) atoms. The fourth-order valence-corrected chi connectivity index (χ4v) is 4.03. The average molecular weight is 379 g/mol. The first-order chi connectivity index (χ1) is 12.4. The Labute approximate surface area is 154 Å². The fourth-order valence-electron chi connectivity index (χ4n) is 2.70. The number of hydrogen-bond donors (Lipinski definition) is 2. The van der Waals surface area contributed by atoms with Crippen LogP contribution in [0.4, 0.5) is 21.6 Å². The van der Waals surface area contributed by atoms with E-state index in [4.69, 9.17) is 4.74 Å². The van der Waals surface area contributed by atoms with Crippen LogP contribution in [0.15, 0.2) is 29.1 Å². The van der Waals surface area contributed by atoms with E-state index in [1.54, 1.807) is 26.1 Å². The van der Waals surface area contributed by atoms with Crippen LogP contribution in [0.3, 0.4) is 0 Å². The van der Waals surface area contributed by atoms with Gasteiger partial charge in [-0.2, -0.15) is 0 Å². The highest BCUT2D eigenvalue weighted by Crippen LogP contribution is 2.35. The number of anilines is 3. The number of aryl methyl sites for hydroxylation is 1. The van der Waals surface area contributed by atoms with Gasteiger partial charge in [0, 0.05) is 13.1 Å². The summed E-state index contributed by atoms with van der Waals surface area (Å²) in [7, 11) is 1.68. The van der Waals surface area contributed by atoms with Crippen molar-refractivity contribution >= 4 is 28.2 Å². The molecule has 0 spiro atoms. The van der Waals surface area contributed by atoms with E-state index >= 15 is 0 Å². The predicted octanol–water partition coefficient (Wildman–Crippen LogP) is 3.21. The third-order valence-corrected chi connectivity index (χ3v) is 6.04. The Bertz CT molecular complexity index is 909. The number of benzene rings is 1. The van der Waals surface area contributed by atoms with Gasteiger partial charge in [-0.1, -0.05) is 12.5 Å². The smallest absolute Gasteiger partial charge is 0.255 e. The van der Waals surface area contributed by atoms with Gasteiger partial charge >= 0.3 is 0 Å². The number of aromatic nitrogens is 1. The zero-order chi connectivity index (χ0) is 18.8. The SMILES string of the molecule is COc1cc(=O)n(C)c(Nc2ccc(C)cc2F)c1NS(=O)C1CCC1. The Hall–Kier alpha value is -2.35. The van der Waals surface area contributed by atoms with Crippen molar-refractivity contribution in [2.75, 3.05) is 17.1 Å². The number of methoxy groups -OCH3 is 1. The largest absolute Gasteiger partial charge is 0.494 e. The van der Waals surface area contributed by atoms with Crippen molar-refractivity contribution in [3.05, 3.63) is 46.0 Å². The first-order valence-electron chi connectivity index (χ1n) is 8.39. The Morgan fingerprint density at radius 2 is 2.04 bits per heavy atom. The molecule has 2 N–H and O–H groups in total. The molecule has 6 nitrogen and oxygen atoms in total. The van der Waals surface area contributed by atoms with Crippen molar-refractivity contribution < 1.29 is 13.3 Å². The molecule has 3 rings (SSSR count). The van der Waals surface area contributed by atoms with Gasteiger partial charge in [-0.25, -0.2) is 8.60 Å². The summed E-state index contributed by atoms with van der Waals surface area (Å²) in [4.78, 5) is 12.2. The van der Waals surface area contributed by atoms with Gasteiger partial charge in [-0.05, 0) is 37.5 Å².